The predicted octanol–water partition coefficient (Wildman–Crippen LogP) is 3.13. The van der Waals surface area contributed by atoms with E-state index in [0.717, 1.165) is 24.3 Å². The largest absolute Gasteiger partial charge is 0.457 e. The summed E-state index contributed by atoms with van der Waals surface area (Å²) >= 11 is 0. The fourth-order valence-electron chi connectivity index (χ4n) is 3.95. The van der Waals surface area contributed by atoms with Crippen LogP contribution < -0.4 is 10.1 Å². The van der Waals surface area contributed by atoms with Gasteiger partial charge < -0.3 is 19.7 Å². The Morgan fingerprint density at radius 1 is 1.00 bits per heavy atom. The number of rotatable bonds is 6. The van der Waals surface area contributed by atoms with Gasteiger partial charge in [-0.2, -0.15) is 0 Å². The summed E-state index contributed by atoms with van der Waals surface area (Å²) in [6, 6.07) is 16.6. The predicted molar refractivity (Wildman–Crippen MR) is 118 cm³/mol. The van der Waals surface area contributed by atoms with Crippen molar-refractivity contribution in [2.75, 3.05) is 38.1 Å². The summed E-state index contributed by atoms with van der Waals surface area (Å²) in [6.45, 7) is 5.18. The molecule has 2 fully saturated rings. The third-order valence-corrected chi connectivity index (χ3v) is 5.86. The highest BCUT2D eigenvalue weighted by Crippen LogP contribution is 2.23. The number of nitrogens with zero attached hydrogens (tertiary/aromatic N) is 2. The lowest BCUT2D eigenvalue weighted by Crippen LogP contribution is -2.55. The van der Waals surface area contributed by atoms with E-state index in [1.807, 2.05) is 66.4 Å². The van der Waals surface area contributed by atoms with E-state index in [4.69, 9.17) is 9.47 Å². The second-order valence-electron chi connectivity index (χ2n) is 7.97. The van der Waals surface area contributed by atoms with Crippen molar-refractivity contribution in [3.63, 3.8) is 0 Å². The second kappa shape index (κ2) is 9.94. The van der Waals surface area contributed by atoms with Crippen LogP contribution in [-0.4, -0.2) is 66.5 Å². The molecule has 0 aliphatic carbocycles. The van der Waals surface area contributed by atoms with Crippen molar-refractivity contribution in [2.45, 2.75) is 31.9 Å². The smallest absolute Gasteiger partial charge is 0.251 e. The number of hydrogen-bond acceptors (Lipinski definition) is 5. The van der Waals surface area contributed by atoms with Gasteiger partial charge in [0.15, 0.2) is 0 Å². The molecule has 0 aromatic heterocycles. The standard InChI is InChI=1S/C24H29N3O4/c1-18(26-13-15-27(16-14-26)24(29)22-8-5-17-30-22)23(28)25-19-9-11-21(12-10-19)31-20-6-3-2-4-7-20/h2-4,6-7,9-12,18,22H,5,8,13-17H2,1H3,(H,25,28)/t18-,22+/m1/s1. The summed E-state index contributed by atoms with van der Waals surface area (Å²) in [5.74, 6) is 1.51. The molecule has 0 radical (unpaired) electrons. The molecule has 2 aliphatic heterocycles. The minimum atomic E-state index is -0.278. The zero-order chi connectivity index (χ0) is 21.6. The number of benzene rings is 2. The van der Waals surface area contributed by atoms with Crippen LogP contribution in [0, 0.1) is 0 Å². The van der Waals surface area contributed by atoms with E-state index in [9.17, 15) is 9.59 Å². The van der Waals surface area contributed by atoms with Gasteiger partial charge in [0.25, 0.3) is 5.91 Å². The lowest BCUT2D eigenvalue weighted by atomic mass is 10.1. The number of amides is 2. The van der Waals surface area contributed by atoms with Crippen molar-refractivity contribution in [2.24, 2.45) is 0 Å². The number of piperazine rings is 1. The van der Waals surface area contributed by atoms with Gasteiger partial charge >= 0.3 is 0 Å². The summed E-state index contributed by atoms with van der Waals surface area (Å²) in [5, 5.41) is 2.97. The molecule has 2 aliphatic rings. The van der Waals surface area contributed by atoms with Gasteiger partial charge in [0, 0.05) is 38.5 Å². The van der Waals surface area contributed by atoms with Crippen molar-refractivity contribution in [1.82, 2.24) is 9.80 Å². The van der Waals surface area contributed by atoms with E-state index in [2.05, 4.69) is 10.2 Å². The number of ether oxygens (including phenoxy) is 2. The molecule has 2 aromatic rings. The highest BCUT2D eigenvalue weighted by Gasteiger charge is 2.32. The molecule has 1 N–H and O–H groups in total. The number of nitrogens with one attached hydrogen (secondary N) is 1. The number of para-hydroxylation sites is 1. The van der Waals surface area contributed by atoms with Gasteiger partial charge in [0.05, 0.1) is 6.04 Å². The average Bonchev–Trinajstić information content (AvgIpc) is 3.35. The first kappa shape index (κ1) is 21.3. The zero-order valence-electron chi connectivity index (χ0n) is 17.8. The van der Waals surface area contributed by atoms with Gasteiger partial charge in [0.1, 0.15) is 17.6 Å². The lowest BCUT2D eigenvalue weighted by Gasteiger charge is -2.38. The van der Waals surface area contributed by atoms with Crippen molar-refractivity contribution in [3.8, 4) is 11.5 Å². The summed E-state index contributed by atoms with van der Waals surface area (Å²) in [4.78, 5) is 29.2. The Hall–Kier alpha value is -2.90. The minimum Gasteiger partial charge on any atom is -0.457 e. The first-order valence-electron chi connectivity index (χ1n) is 10.9. The monoisotopic (exact) mass is 423 g/mol. The summed E-state index contributed by atoms with van der Waals surface area (Å²) in [5.41, 5.74) is 0.726. The molecule has 4 rings (SSSR count). The van der Waals surface area contributed by atoms with E-state index >= 15 is 0 Å². The number of carbonyl (C=O) groups excluding carboxylic acids is 2. The summed E-state index contributed by atoms with van der Waals surface area (Å²) in [7, 11) is 0. The molecule has 0 spiro atoms. The number of anilines is 1. The Morgan fingerprint density at radius 2 is 1.68 bits per heavy atom. The number of carbonyl (C=O) groups is 2. The Morgan fingerprint density at radius 3 is 2.32 bits per heavy atom. The highest BCUT2D eigenvalue weighted by molar-refractivity contribution is 5.94. The fraction of sp³-hybridized carbons (Fsp3) is 0.417. The van der Waals surface area contributed by atoms with Crippen molar-refractivity contribution < 1.29 is 19.1 Å². The van der Waals surface area contributed by atoms with Crippen LogP contribution in [0.15, 0.2) is 54.6 Å². The number of hydrogen-bond donors (Lipinski definition) is 1. The quantitative estimate of drug-likeness (QED) is 0.773. The molecular formula is C24H29N3O4. The van der Waals surface area contributed by atoms with E-state index < -0.39 is 0 Å². The normalized spacial score (nSPS) is 20.3. The topological polar surface area (TPSA) is 71.1 Å². The third kappa shape index (κ3) is 5.42. The Labute approximate surface area is 182 Å². The summed E-state index contributed by atoms with van der Waals surface area (Å²) in [6.07, 6.45) is 1.49. The maximum Gasteiger partial charge on any atom is 0.251 e. The Bertz CT molecular complexity index is 873. The van der Waals surface area contributed by atoms with Gasteiger partial charge in [-0.15, -0.1) is 0 Å². The van der Waals surface area contributed by atoms with Gasteiger partial charge in [-0.1, -0.05) is 18.2 Å². The van der Waals surface area contributed by atoms with E-state index in [0.29, 0.717) is 38.5 Å². The Balaban J connectivity index is 1.25. The third-order valence-electron chi connectivity index (χ3n) is 5.86. The molecule has 2 amide bonds. The van der Waals surface area contributed by atoms with E-state index in [1.165, 1.54) is 0 Å². The van der Waals surface area contributed by atoms with Crippen LogP contribution in [0.3, 0.4) is 0 Å². The molecule has 7 heteroatoms. The fourth-order valence-corrected chi connectivity index (χ4v) is 3.95. The van der Waals surface area contributed by atoms with Crippen LogP contribution in [0.4, 0.5) is 5.69 Å². The van der Waals surface area contributed by atoms with E-state index in [-0.39, 0.29) is 24.0 Å². The van der Waals surface area contributed by atoms with Crippen molar-refractivity contribution >= 4 is 17.5 Å². The average molecular weight is 424 g/mol. The highest BCUT2D eigenvalue weighted by atomic mass is 16.5. The van der Waals surface area contributed by atoms with Crippen LogP contribution in [0.5, 0.6) is 11.5 Å². The molecule has 2 saturated heterocycles. The van der Waals surface area contributed by atoms with Crippen LogP contribution in [-0.2, 0) is 14.3 Å². The second-order valence-corrected chi connectivity index (χ2v) is 7.97. The zero-order valence-corrected chi connectivity index (χ0v) is 17.8. The molecular weight excluding hydrogens is 394 g/mol. The first-order valence-corrected chi connectivity index (χ1v) is 10.9. The van der Waals surface area contributed by atoms with Crippen LogP contribution in [0.1, 0.15) is 19.8 Å². The first-order chi connectivity index (χ1) is 15.1. The van der Waals surface area contributed by atoms with Gasteiger partial charge in [-0.25, -0.2) is 0 Å². The molecule has 31 heavy (non-hydrogen) atoms. The maximum absolute atomic E-state index is 12.7. The SMILES string of the molecule is C[C@H](C(=O)Nc1ccc(Oc2ccccc2)cc1)N1CCN(C(=O)[C@@H]2CCCO2)CC1. The molecule has 2 atom stereocenters. The van der Waals surface area contributed by atoms with Crippen LogP contribution >= 0.6 is 0 Å². The van der Waals surface area contributed by atoms with Crippen molar-refractivity contribution in [3.05, 3.63) is 54.6 Å². The molecule has 0 unspecified atom stereocenters. The molecule has 0 saturated carbocycles. The molecule has 7 nitrogen and oxygen atoms in total. The van der Waals surface area contributed by atoms with Gasteiger partial charge in [0.2, 0.25) is 5.91 Å². The molecule has 164 valence electrons. The molecule has 2 heterocycles. The van der Waals surface area contributed by atoms with E-state index in [1.54, 1.807) is 0 Å². The minimum absolute atomic E-state index is 0.0596. The molecule has 2 aromatic carbocycles. The molecule has 0 bridgehead atoms. The van der Waals surface area contributed by atoms with Gasteiger partial charge in [-0.3, -0.25) is 14.5 Å². The Kier molecular flexibility index (Phi) is 6.84. The lowest BCUT2D eigenvalue weighted by molar-refractivity contribution is -0.143. The van der Waals surface area contributed by atoms with Gasteiger partial charge in [-0.05, 0) is 56.2 Å². The maximum atomic E-state index is 12.7. The van der Waals surface area contributed by atoms with Crippen LogP contribution in [0.25, 0.3) is 0 Å². The van der Waals surface area contributed by atoms with Crippen LogP contribution in [0.2, 0.25) is 0 Å². The summed E-state index contributed by atoms with van der Waals surface area (Å²) < 4.78 is 11.3. The van der Waals surface area contributed by atoms with Crippen molar-refractivity contribution in [1.29, 1.82) is 0 Å².